The van der Waals surface area contributed by atoms with Gasteiger partial charge in [0, 0.05) is 6.54 Å². The van der Waals surface area contributed by atoms with Crippen molar-refractivity contribution in [3.8, 4) is 0 Å². The van der Waals surface area contributed by atoms with Crippen molar-refractivity contribution in [3.63, 3.8) is 0 Å². The van der Waals surface area contributed by atoms with Crippen LogP contribution in [-0.2, 0) is 0 Å². The number of hydrogen-bond acceptors (Lipinski definition) is 1. The molecule has 0 atom stereocenters. The minimum absolute atomic E-state index is 0.983. The van der Waals surface area contributed by atoms with Crippen LogP contribution < -0.4 is 5.32 Å². The van der Waals surface area contributed by atoms with Crippen LogP contribution in [0.5, 0.6) is 0 Å². The zero-order valence-electron chi connectivity index (χ0n) is 7.85. The summed E-state index contributed by atoms with van der Waals surface area (Å²) < 4.78 is 0. The smallest absolute Gasteiger partial charge is 0.0161 e. The van der Waals surface area contributed by atoms with E-state index in [4.69, 9.17) is 0 Å². The maximum Gasteiger partial charge on any atom is 0.0161 e. The number of nitrogens with one attached hydrogen (secondary N) is 1. The fraction of sp³-hybridized carbons (Fsp3) is 0.600. The first-order valence-corrected chi connectivity index (χ1v) is 4.28. The number of hydrogen-bond donors (Lipinski definition) is 1. The second-order valence-corrected chi connectivity index (χ2v) is 2.76. The summed E-state index contributed by atoms with van der Waals surface area (Å²) in [5.41, 5.74) is 1.37. The molecule has 0 heterocycles. The van der Waals surface area contributed by atoms with Gasteiger partial charge in [0.2, 0.25) is 0 Å². The number of rotatable bonds is 5. The highest BCUT2D eigenvalue weighted by molar-refractivity contribution is 5.11. The monoisotopic (exact) mass is 153 g/mol. The molecular formula is C10H19N. The molecule has 1 heteroatoms. The van der Waals surface area contributed by atoms with Crippen molar-refractivity contribution in [1.29, 1.82) is 0 Å². The summed E-state index contributed by atoms with van der Waals surface area (Å²) in [7, 11) is 1.97. The van der Waals surface area contributed by atoms with Crippen molar-refractivity contribution in [2.24, 2.45) is 0 Å². The minimum atomic E-state index is 0.983. The van der Waals surface area contributed by atoms with Gasteiger partial charge in [0.05, 0.1) is 0 Å². The molecule has 0 saturated carbocycles. The molecule has 0 aromatic carbocycles. The molecule has 11 heavy (non-hydrogen) atoms. The molecule has 0 fully saturated rings. The standard InChI is InChI=1S/C10H19N/c1-4-5-6-7-8-10(2)9-11-3/h6-8,11H,4-5,9H2,1-3H3/b7-6-,10-8+. The maximum atomic E-state index is 3.11. The molecular weight excluding hydrogens is 134 g/mol. The van der Waals surface area contributed by atoms with Gasteiger partial charge in [-0.2, -0.15) is 0 Å². The third kappa shape index (κ3) is 7.34. The van der Waals surface area contributed by atoms with E-state index < -0.39 is 0 Å². The molecule has 0 aliphatic carbocycles. The lowest BCUT2D eigenvalue weighted by Crippen LogP contribution is -2.08. The van der Waals surface area contributed by atoms with E-state index >= 15 is 0 Å². The third-order valence-electron chi connectivity index (χ3n) is 1.43. The van der Waals surface area contributed by atoms with Gasteiger partial charge in [-0.15, -0.1) is 0 Å². The summed E-state index contributed by atoms with van der Waals surface area (Å²) in [6.07, 6.45) is 8.92. The van der Waals surface area contributed by atoms with Crippen molar-refractivity contribution in [3.05, 3.63) is 23.8 Å². The van der Waals surface area contributed by atoms with E-state index in [-0.39, 0.29) is 0 Å². The normalized spacial score (nSPS) is 12.8. The quantitative estimate of drug-likeness (QED) is 0.598. The Morgan fingerprint density at radius 1 is 1.45 bits per heavy atom. The second kappa shape index (κ2) is 7.55. The average molecular weight is 153 g/mol. The fourth-order valence-corrected chi connectivity index (χ4v) is 0.833. The van der Waals surface area contributed by atoms with E-state index in [1.807, 2.05) is 7.05 Å². The van der Waals surface area contributed by atoms with Crippen LogP contribution in [0.3, 0.4) is 0 Å². The zero-order chi connectivity index (χ0) is 8.53. The first kappa shape index (κ1) is 10.4. The van der Waals surface area contributed by atoms with Gasteiger partial charge >= 0.3 is 0 Å². The van der Waals surface area contributed by atoms with E-state index in [1.54, 1.807) is 0 Å². The Balaban J connectivity index is 3.53. The van der Waals surface area contributed by atoms with E-state index in [0.717, 1.165) is 6.54 Å². The molecule has 1 nitrogen and oxygen atoms in total. The van der Waals surface area contributed by atoms with Crippen LogP contribution in [-0.4, -0.2) is 13.6 Å². The van der Waals surface area contributed by atoms with Crippen LogP contribution in [0.4, 0.5) is 0 Å². The van der Waals surface area contributed by atoms with Gasteiger partial charge in [0.15, 0.2) is 0 Å². The predicted molar refractivity (Wildman–Crippen MR) is 51.7 cm³/mol. The first-order valence-electron chi connectivity index (χ1n) is 4.28. The van der Waals surface area contributed by atoms with E-state index in [2.05, 4.69) is 37.4 Å². The number of allylic oxidation sites excluding steroid dienone is 3. The molecule has 0 bridgehead atoms. The molecule has 0 rings (SSSR count). The summed E-state index contributed by atoms with van der Waals surface area (Å²) in [5.74, 6) is 0. The van der Waals surface area contributed by atoms with Gasteiger partial charge in [-0.1, -0.05) is 37.1 Å². The van der Waals surface area contributed by atoms with Crippen LogP contribution in [0.2, 0.25) is 0 Å². The lowest BCUT2D eigenvalue weighted by molar-refractivity contribution is 0.880. The zero-order valence-corrected chi connectivity index (χ0v) is 7.85. The van der Waals surface area contributed by atoms with Crippen molar-refractivity contribution in [1.82, 2.24) is 5.32 Å². The summed E-state index contributed by atoms with van der Waals surface area (Å²) in [5, 5.41) is 3.11. The van der Waals surface area contributed by atoms with Crippen LogP contribution in [0.1, 0.15) is 26.7 Å². The number of likely N-dealkylation sites (N-methyl/N-ethyl adjacent to an activating group) is 1. The Kier molecular flexibility index (Phi) is 7.16. The fourth-order valence-electron chi connectivity index (χ4n) is 0.833. The van der Waals surface area contributed by atoms with Crippen LogP contribution in [0, 0.1) is 0 Å². The highest BCUT2D eigenvalue weighted by Crippen LogP contribution is 1.93. The molecule has 64 valence electrons. The Morgan fingerprint density at radius 3 is 2.73 bits per heavy atom. The summed E-state index contributed by atoms with van der Waals surface area (Å²) in [6, 6.07) is 0. The lowest BCUT2D eigenvalue weighted by Gasteiger charge is -1.95. The molecule has 0 radical (unpaired) electrons. The van der Waals surface area contributed by atoms with Gasteiger partial charge in [-0.3, -0.25) is 0 Å². The van der Waals surface area contributed by atoms with Gasteiger partial charge in [0.25, 0.3) is 0 Å². The highest BCUT2D eigenvalue weighted by atomic mass is 14.8. The van der Waals surface area contributed by atoms with E-state index in [9.17, 15) is 0 Å². The van der Waals surface area contributed by atoms with E-state index in [1.165, 1.54) is 18.4 Å². The van der Waals surface area contributed by atoms with E-state index in [0.29, 0.717) is 0 Å². The molecule has 0 aromatic rings. The second-order valence-electron chi connectivity index (χ2n) is 2.76. The minimum Gasteiger partial charge on any atom is -0.316 e. The molecule has 0 amide bonds. The Labute approximate surface area is 70.2 Å². The van der Waals surface area contributed by atoms with Crippen molar-refractivity contribution in [2.75, 3.05) is 13.6 Å². The van der Waals surface area contributed by atoms with Gasteiger partial charge in [-0.25, -0.2) is 0 Å². The topological polar surface area (TPSA) is 12.0 Å². The molecule has 0 saturated heterocycles. The maximum absolute atomic E-state index is 3.11. The summed E-state index contributed by atoms with van der Waals surface area (Å²) >= 11 is 0. The average Bonchev–Trinajstić information content (AvgIpc) is 1.99. The van der Waals surface area contributed by atoms with Crippen molar-refractivity contribution < 1.29 is 0 Å². The highest BCUT2D eigenvalue weighted by Gasteiger charge is 1.81. The Morgan fingerprint density at radius 2 is 2.18 bits per heavy atom. The molecule has 0 spiro atoms. The predicted octanol–water partition coefficient (Wildman–Crippen LogP) is 2.51. The SMILES string of the molecule is CCC/C=C\C=C(/C)CNC. The Bertz CT molecular complexity index is 134. The number of unbranched alkanes of at least 4 members (excludes halogenated alkanes) is 1. The van der Waals surface area contributed by atoms with Gasteiger partial charge in [-0.05, 0) is 20.4 Å². The van der Waals surface area contributed by atoms with Crippen LogP contribution in [0.15, 0.2) is 23.8 Å². The van der Waals surface area contributed by atoms with Crippen molar-refractivity contribution >= 4 is 0 Å². The molecule has 0 aliphatic heterocycles. The molecule has 0 aromatic heterocycles. The molecule has 1 N–H and O–H groups in total. The summed E-state index contributed by atoms with van der Waals surface area (Å²) in [6.45, 7) is 5.30. The summed E-state index contributed by atoms with van der Waals surface area (Å²) in [4.78, 5) is 0. The lowest BCUT2D eigenvalue weighted by atomic mass is 10.2. The third-order valence-corrected chi connectivity index (χ3v) is 1.43. The largest absolute Gasteiger partial charge is 0.316 e. The van der Waals surface area contributed by atoms with Gasteiger partial charge < -0.3 is 5.32 Å². The Hall–Kier alpha value is -0.560. The first-order chi connectivity index (χ1) is 5.31. The van der Waals surface area contributed by atoms with Crippen LogP contribution in [0.25, 0.3) is 0 Å². The molecule has 0 unspecified atom stereocenters. The van der Waals surface area contributed by atoms with Gasteiger partial charge in [0.1, 0.15) is 0 Å². The van der Waals surface area contributed by atoms with Crippen molar-refractivity contribution in [2.45, 2.75) is 26.7 Å². The molecule has 0 aliphatic rings. The van der Waals surface area contributed by atoms with Crippen LogP contribution >= 0.6 is 0 Å².